The Bertz CT molecular complexity index is 557. The predicted molar refractivity (Wildman–Crippen MR) is 66.0 cm³/mol. The zero-order valence-corrected chi connectivity index (χ0v) is 10.2. The molecule has 6 heteroatoms. The van der Waals surface area contributed by atoms with Gasteiger partial charge in [0, 0.05) is 24.0 Å². The van der Waals surface area contributed by atoms with Crippen LogP contribution in [0.15, 0.2) is 29.6 Å². The minimum atomic E-state index is -1.03. The number of hydrogen-bond acceptors (Lipinski definition) is 4. The molecule has 4 nitrogen and oxygen atoms in total. The number of carboxylic acid groups (broad SMARTS) is 1. The van der Waals surface area contributed by atoms with Crippen LogP contribution in [0.2, 0.25) is 0 Å². The van der Waals surface area contributed by atoms with Crippen LogP contribution >= 0.6 is 11.3 Å². The van der Waals surface area contributed by atoms with E-state index in [1.165, 1.54) is 6.07 Å². The van der Waals surface area contributed by atoms with Gasteiger partial charge in [-0.3, -0.25) is 0 Å². The molecule has 0 atom stereocenters. The van der Waals surface area contributed by atoms with E-state index in [0.717, 1.165) is 11.3 Å². The molecule has 0 fully saturated rings. The van der Waals surface area contributed by atoms with Gasteiger partial charge >= 0.3 is 5.97 Å². The maximum absolute atomic E-state index is 13.3. The first-order valence-corrected chi connectivity index (χ1v) is 6.16. The summed E-state index contributed by atoms with van der Waals surface area (Å²) in [6, 6.07) is 6.51. The molecule has 2 rings (SSSR count). The van der Waals surface area contributed by atoms with Crippen LogP contribution in [-0.2, 0) is 13.1 Å². The third kappa shape index (κ3) is 3.12. The van der Waals surface area contributed by atoms with Crippen molar-refractivity contribution in [2.45, 2.75) is 13.1 Å². The molecule has 0 aliphatic rings. The molecule has 0 aliphatic carbocycles. The molecule has 0 spiro atoms. The van der Waals surface area contributed by atoms with Crippen molar-refractivity contribution in [3.05, 3.63) is 51.7 Å². The normalized spacial score (nSPS) is 10.5. The molecular weight excluding hydrogens is 255 g/mol. The van der Waals surface area contributed by atoms with E-state index < -0.39 is 5.97 Å². The zero-order valence-electron chi connectivity index (χ0n) is 9.39. The number of benzene rings is 1. The number of nitrogens with one attached hydrogen (secondary N) is 1. The molecule has 1 heterocycles. The molecule has 0 saturated heterocycles. The highest BCUT2D eigenvalue weighted by Gasteiger charge is 2.08. The molecular formula is C12H11FN2O2S. The van der Waals surface area contributed by atoms with Crippen LogP contribution in [0.1, 0.15) is 21.1 Å². The second-order valence-electron chi connectivity index (χ2n) is 3.64. The van der Waals surface area contributed by atoms with E-state index >= 15 is 0 Å². The Morgan fingerprint density at radius 1 is 1.39 bits per heavy atom. The molecule has 1 aromatic carbocycles. The van der Waals surface area contributed by atoms with Crippen LogP contribution in [0.4, 0.5) is 4.39 Å². The molecule has 94 valence electrons. The number of aromatic carboxylic acids is 1. The third-order valence-corrected chi connectivity index (χ3v) is 3.19. The van der Waals surface area contributed by atoms with Crippen LogP contribution in [0.25, 0.3) is 0 Å². The number of aromatic nitrogens is 1. The van der Waals surface area contributed by atoms with Gasteiger partial charge in [-0.1, -0.05) is 18.2 Å². The summed E-state index contributed by atoms with van der Waals surface area (Å²) in [5.41, 5.74) is 1.22. The molecule has 0 unspecified atom stereocenters. The second-order valence-corrected chi connectivity index (χ2v) is 4.50. The molecule has 2 N–H and O–H groups in total. The Hall–Kier alpha value is -1.79. The van der Waals surface area contributed by atoms with Gasteiger partial charge in [0.1, 0.15) is 5.82 Å². The number of carboxylic acids is 1. The lowest BCUT2D eigenvalue weighted by Crippen LogP contribution is -2.14. The third-order valence-electron chi connectivity index (χ3n) is 2.31. The van der Waals surface area contributed by atoms with Crippen molar-refractivity contribution >= 4 is 17.3 Å². The van der Waals surface area contributed by atoms with E-state index in [-0.39, 0.29) is 10.8 Å². The van der Waals surface area contributed by atoms with Gasteiger partial charge in [-0.25, -0.2) is 14.2 Å². The summed E-state index contributed by atoms with van der Waals surface area (Å²) in [7, 11) is 0. The largest absolute Gasteiger partial charge is 0.476 e. The smallest absolute Gasteiger partial charge is 0.365 e. The summed E-state index contributed by atoms with van der Waals surface area (Å²) >= 11 is 1.08. The van der Waals surface area contributed by atoms with Gasteiger partial charge in [0.25, 0.3) is 0 Å². The zero-order chi connectivity index (χ0) is 13.0. The van der Waals surface area contributed by atoms with Gasteiger partial charge in [0.05, 0.1) is 5.69 Å². The number of carbonyl (C=O) groups is 1. The van der Waals surface area contributed by atoms with Crippen molar-refractivity contribution in [1.29, 1.82) is 0 Å². The second kappa shape index (κ2) is 5.70. The summed E-state index contributed by atoms with van der Waals surface area (Å²) in [6.07, 6.45) is 0. The lowest BCUT2D eigenvalue weighted by atomic mass is 10.2. The quantitative estimate of drug-likeness (QED) is 0.871. The van der Waals surface area contributed by atoms with Gasteiger partial charge in [-0.2, -0.15) is 0 Å². The first-order chi connectivity index (χ1) is 8.66. The number of hydrogen-bond donors (Lipinski definition) is 2. The minimum absolute atomic E-state index is 0.0673. The van der Waals surface area contributed by atoms with Gasteiger partial charge in [-0.05, 0) is 6.07 Å². The van der Waals surface area contributed by atoms with Crippen molar-refractivity contribution in [2.24, 2.45) is 0 Å². The average Bonchev–Trinajstić information content (AvgIpc) is 2.80. The number of thiazole rings is 1. The summed E-state index contributed by atoms with van der Waals surface area (Å²) in [4.78, 5) is 14.6. The predicted octanol–water partition coefficient (Wildman–Crippen LogP) is 2.27. The van der Waals surface area contributed by atoms with Gasteiger partial charge in [0.2, 0.25) is 5.01 Å². The maximum Gasteiger partial charge on any atom is 0.365 e. The molecule has 0 saturated carbocycles. The molecule has 1 aromatic heterocycles. The van der Waals surface area contributed by atoms with E-state index in [0.29, 0.717) is 24.3 Å². The molecule has 0 radical (unpaired) electrons. The Morgan fingerprint density at radius 2 is 2.17 bits per heavy atom. The Balaban J connectivity index is 1.88. The summed E-state index contributed by atoms with van der Waals surface area (Å²) in [6.45, 7) is 0.796. The highest BCUT2D eigenvalue weighted by Crippen LogP contribution is 2.10. The van der Waals surface area contributed by atoms with Crippen LogP contribution in [0, 0.1) is 5.82 Å². The summed E-state index contributed by atoms with van der Waals surface area (Å²) < 4.78 is 13.3. The Kier molecular flexibility index (Phi) is 4.01. The van der Waals surface area contributed by atoms with Crippen LogP contribution in [0.5, 0.6) is 0 Å². The van der Waals surface area contributed by atoms with Crippen molar-refractivity contribution in [1.82, 2.24) is 10.3 Å². The fraction of sp³-hybridized carbons (Fsp3) is 0.167. The molecule has 0 aliphatic heterocycles. The van der Waals surface area contributed by atoms with Crippen LogP contribution in [-0.4, -0.2) is 16.1 Å². The summed E-state index contributed by atoms with van der Waals surface area (Å²) in [5, 5.41) is 13.5. The monoisotopic (exact) mass is 266 g/mol. The first kappa shape index (κ1) is 12.7. The SMILES string of the molecule is O=C(O)c1nc(CNCc2ccccc2F)cs1. The van der Waals surface area contributed by atoms with Crippen molar-refractivity contribution in [3.8, 4) is 0 Å². The Morgan fingerprint density at radius 3 is 2.83 bits per heavy atom. The summed E-state index contributed by atoms with van der Waals surface area (Å²) in [5.74, 6) is -1.28. The van der Waals surface area contributed by atoms with E-state index in [4.69, 9.17) is 5.11 Å². The number of rotatable bonds is 5. The first-order valence-electron chi connectivity index (χ1n) is 5.28. The fourth-order valence-corrected chi connectivity index (χ4v) is 2.11. The number of nitrogens with zero attached hydrogens (tertiary/aromatic N) is 1. The van der Waals surface area contributed by atoms with Crippen LogP contribution in [0.3, 0.4) is 0 Å². The van der Waals surface area contributed by atoms with Gasteiger partial charge < -0.3 is 10.4 Å². The highest BCUT2D eigenvalue weighted by molar-refractivity contribution is 7.11. The van der Waals surface area contributed by atoms with Crippen molar-refractivity contribution in [2.75, 3.05) is 0 Å². The van der Waals surface area contributed by atoms with E-state index in [9.17, 15) is 9.18 Å². The molecule has 18 heavy (non-hydrogen) atoms. The average molecular weight is 266 g/mol. The molecule has 2 aromatic rings. The minimum Gasteiger partial charge on any atom is -0.476 e. The van der Waals surface area contributed by atoms with E-state index in [1.807, 2.05) is 0 Å². The molecule has 0 bridgehead atoms. The topological polar surface area (TPSA) is 62.2 Å². The van der Waals surface area contributed by atoms with Gasteiger partial charge in [0.15, 0.2) is 0 Å². The highest BCUT2D eigenvalue weighted by atomic mass is 32.1. The lowest BCUT2D eigenvalue weighted by Gasteiger charge is -2.03. The van der Waals surface area contributed by atoms with Crippen LogP contribution < -0.4 is 5.32 Å². The number of halogens is 1. The van der Waals surface area contributed by atoms with E-state index in [2.05, 4.69) is 10.3 Å². The Labute approximate surface area is 107 Å². The standard InChI is InChI=1S/C12H11FN2O2S/c13-10-4-2-1-3-8(10)5-14-6-9-7-18-11(15-9)12(16)17/h1-4,7,14H,5-6H2,(H,16,17). The van der Waals surface area contributed by atoms with Crippen molar-refractivity contribution in [3.63, 3.8) is 0 Å². The van der Waals surface area contributed by atoms with Crippen molar-refractivity contribution < 1.29 is 14.3 Å². The molecule has 0 amide bonds. The maximum atomic E-state index is 13.3. The van der Waals surface area contributed by atoms with Gasteiger partial charge in [-0.15, -0.1) is 11.3 Å². The lowest BCUT2D eigenvalue weighted by molar-refractivity contribution is 0.0696. The van der Waals surface area contributed by atoms with E-state index in [1.54, 1.807) is 23.6 Å². The fourth-order valence-electron chi connectivity index (χ4n) is 1.45.